The van der Waals surface area contributed by atoms with Gasteiger partial charge in [0.25, 0.3) is 0 Å². The molecule has 0 spiro atoms. The number of carboxylic acids is 1. The Morgan fingerprint density at radius 1 is 0.477 bits per heavy atom. The van der Waals surface area contributed by atoms with E-state index in [-0.39, 0.29) is 82.8 Å². The van der Waals surface area contributed by atoms with Crippen LogP contribution in [0.2, 0.25) is 0 Å². The minimum atomic E-state index is -1.08. The summed E-state index contributed by atoms with van der Waals surface area (Å²) >= 11 is 0. The number of carbonyl (C=O) groups is 4. The normalized spacial score (nSPS) is 11.7. The van der Waals surface area contributed by atoms with Crippen molar-refractivity contribution in [2.45, 2.75) is 151 Å². The van der Waals surface area contributed by atoms with Crippen molar-refractivity contribution in [1.29, 1.82) is 10.5 Å². The summed E-state index contributed by atoms with van der Waals surface area (Å²) in [6, 6.07) is 27.9. The van der Waals surface area contributed by atoms with Crippen molar-refractivity contribution in [3.8, 4) is 29.4 Å². The van der Waals surface area contributed by atoms with E-state index in [1.807, 2.05) is 56.3 Å². The molecule has 28 nitrogen and oxygen atoms in total. The maximum atomic E-state index is 10.7. The van der Waals surface area contributed by atoms with E-state index in [1.54, 1.807) is 39.5 Å². The maximum absolute atomic E-state index is 10.7. The van der Waals surface area contributed by atoms with Gasteiger partial charge in [-0.3, -0.25) is 0 Å². The molecular formula is C81H126BN3NaO25. The number of aliphatic hydroxyl groups is 5. The second-order valence-electron chi connectivity index (χ2n) is 25.3. The summed E-state index contributed by atoms with van der Waals surface area (Å²) in [4.78, 5) is 49.2. The number of benzene rings is 4. The number of carbonyl (C=O) groups excluding carboxylic acids is 4. The van der Waals surface area contributed by atoms with Gasteiger partial charge in [-0.25, -0.2) is 19.4 Å². The van der Waals surface area contributed by atoms with Crippen LogP contribution in [-0.2, 0) is 133 Å². The molecule has 0 heterocycles. The molecule has 5 N–H and O–H groups in total. The average molecular weight is 1580 g/mol. The van der Waals surface area contributed by atoms with Gasteiger partial charge >= 0.3 is 41.5 Å². The van der Waals surface area contributed by atoms with Gasteiger partial charge in [-0.15, -0.1) is 0 Å². The Hall–Kier alpha value is -6.24. The fraction of sp³-hybridized carbons (Fsp3) is 0.630. The number of hydrogen-bond donors (Lipinski definition) is 5. The molecule has 0 amide bonds. The number of rotatable bonds is 55. The minimum Gasteiger partial charge on any atom is -0.550 e. The van der Waals surface area contributed by atoms with Crippen molar-refractivity contribution in [2.75, 3.05) is 174 Å². The number of aryl methyl sites for hydroxylation is 1. The molecule has 4 aromatic rings. The van der Waals surface area contributed by atoms with Crippen LogP contribution in [0.4, 0.5) is 0 Å². The van der Waals surface area contributed by atoms with E-state index in [1.165, 1.54) is 5.56 Å². The van der Waals surface area contributed by atoms with Crippen LogP contribution in [-0.4, -0.2) is 237 Å². The summed E-state index contributed by atoms with van der Waals surface area (Å²) in [5, 5.41) is 76.4. The fourth-order valence-electron chi connectivity index (χ4n) is 10.6. The first-order chi connectivity index (χ1) is 52.6. The average Bonchev–Trinajstić information content (AvgIpc) is 0.796. The molecule has 3 radical (unpaired) electrons. The first-order valence-electron chi connectivity index (χ1n) is 37.0. The number of unbranched alkanes of at least 4 members (excludes halogenated alkanes) is 1. The quantitative estimate of drug-likeness (QED) is 0.0136. The summed E-state index contributed by atoms with van der Waals surface area (Å²) in [7, 11) is 7.03. The number of ether oxygens (including phenoxy) is 13. The topological polar surface area (TPSA) is 382 Å². The van der Waals surface area contributed by atoms with Gasteiger partial charge in [0.2, 0.25) is 0 Å². The van der Waals surface area contributed by atoms with Gasteiger partial charge in [0.05, 0.1) is 182 Å². The van der Waals surface area contributed by atoms with Crippen LogP contribution in [0.5, 0.6) is 17.2 Å². The number of hydrogen-bond acceptors (Lipinski definition) is 28. The van der Waals surface area contributed by atoms with Crippen LogP contribution in [0, 0.1) is 34.5 Å². The molecule has 111 heavy (non-hydrogen) atoms. The largest absolute Gasteiger partial charge is 1.00 e. The number of aliphatic carboxylic acids is 1. The Balaban J connectivity index is -0.00000156. The number of methoxy groups -OCH3 is 3. The molecule has 4 aromatic carbocycles. The third kappa shape index (κ3) is 49.2. The summed E-state index contributed by atoms with van der Waals surface area (Å²) in [6.07, 6.45) is 7.33. The third-order valence-electron chi connectivity index (χ3n) is 16.7. The van der Waals surface area contributed by atoms with Crippen molar-refractivity contribution in [3.63, 3.8) is 0 Å². The van der Waals surface area contributed by atoms with Crippen molar-refractivity contribution in [3.05, 3.63) is 123 Å². The van der Waals surface area contributed by atoms with E-state index in [2.05, 4.69) is 66.8 Å². The third-order valence-corrected chi connectivity index (χ3v) is 16.7. The molecular weight excluding hydrogens is 1450 g/mol. The molecule has 0 saturated heterocycles. The van der Waals surface area contributed by atoms with E-state index < -0.39 is 28.7 Å². The van der Waals surface area contributed by atoms with Crippen LogP contribution in [0.15, 0.2) is 72.8 Å². The van der Waals surface area contributed by atoms with Crippen LogP contribution in [0.1, 0.15) is 144 Å². The monoisotopic (exact) mass is 1570 g/mol. The molecule has 0 aliphatic heterocycles. The maximum Gasteiger partial charge on any atom is 1.00 e. The van der Waals surface area contributed by atoms with E-state index in [9.17, 15) is 50.4 Å². The molecule has 0 aliphatic rings. The van der Waals surface area contributed by atoms with Gasteiger partial charge in [-0.2, -0.15) is 10.5 Å². The molecule has 0 bridgehead atoms. The smallest absolute Gasteiger partial charge is 0.550 e. The Bertz CT molecular complexity index is 3110. The van der Waals surface area contributed by atoms with Crippen molar-refractivity contribution in [1.82, 2.24) is 4.90 Å². The van der Waals surface area contributed by atoms with E-state index in [4.69, 9.17) is 71.5 Å². The SMILES string of the molecule is CC(=O)OOC(C)=O.CC(=O)[O-].CC(C)C(C#N)(CCC=O)c1ccc(CO)c(CO)c1.CCCCc1ccc(OCCOCCOCCOCCOCCOC)c(CO)c1.COCCOCCOCCOCCOCCOc1ccc(CCN(C)CCCC(C#N)(c2ccc(CO)c(CO)c2)C(C)C)cc1OC.[B].[Na+]. The van der Waals surface area contributed by atoms with E-state index >= 15 is 0 Å². The van der Waals surface area contributed by atoms with Crippen molar-refractivity contribution < 1.29 is 151 Å². The summed E-state index contributed by atoms with van der Waals surface area (Å²) in [5.74, 6) is -0.148. The summed E-state index contributed by atoms with van der Waals surface area (Å²) in [6.45, 7) is 24.9. The zero-order chi connectivity index (χ0) is 81.4. The van der Waals surface area contributed by atoms with Crippen LogP contribution < -0.4 is 48.9 Å². The number of aldehydes is 1. The zero-order valence-electron chi connectivity index (χ0n) is 68.2. The molecule has 4 rings (SSSR count). The van der Waals surface area contributed by atoms with E-state index in [0.717, 1.165) is 100 Å². The number of nitriles is 2. The van der Waals surface area contributed by atoms with Crippen LogP contribution in [0.3, 0.4) is 0 Å². The number of likely N-dealkylation sites (N-methyl/N-ethyl adjacent to an activating group) is 1. The first kappa shape index (κ1) is 109. The summed E-state index contributed by atoms with van der Waals surface area (Å²) in [5.41, 5.74) is 6.11. The Morgan fingerprint density at radius 2 is 0.838 bits per heavy atom. The zero-order valence-corrected chi connectivity index (χ0v) is 70.2. The van der Waals surface area contributed by atoms with Crippen LogP contribution >= 0.6 is 0 Å². The predicted molar refractivity (Wildman–Crippen MR) is 412 cm³/mol. The van der Waals surface area contributed by atoms with Crippen LogP contribution in [0.25, 0.3) is 0 Å². The van der Waals surface area contributed by atoms with Gasteiger partial charge in [-0.05, 0) is 140 Å². The second kappa shape index (κ2) is 70.4. The van der Waals surface area contributed by atoms with Gasteiger partial charge in [0, 0.05) is 61.0 Å². The molecule has 2 unspecified atom stereocenters. The van der Waals surface area contributed by atoms with Crippen molar-refractivity contribution >= 4 is 32.6 Å². The first-order valence-corrected chi connectivity index (χ1v) is 37.0. The standard InChI is InChI=1S/C37H58N2O9.C22H38O7.C16H21NO3.C4H6O4.C2H4O2.B.Na/c1-30(2)37(29-38,34-9-8-32(27-40)33(26-34)28-41)12-6-13-39(3)14-11-31-7-10-35(36(25-31)43-5)48-24-23-47-22-21-46-20-19-45-18-17-44-16-15-42-4;1-3-4-5-20-6-7-22(21(18-20)19-23)29-17-16-28-15-14-27-13-12-26-11-10-25-9-8-24-2;1-12(2)16(11-17,6-3-7-18)15-5-4-13(9-19)14(8-15)10-20;1-3(5)7-8-4(2)6;1-2(3)4;;/h7-10,25-26,30,40-41H,6,11-24,27-28H2,1-5H3;6-7,18,23H,3-5,8-17,19H2,1-2H3;4-5,7-8,12,19-20H,3,6,9-10H2,1-2H3;1-2H3;1H3,(H,3,4);;/q;;;;;;+1/p-1. The molecule has 0 saturated carbocycles. The van der Waals surface area contributed by atoms with E-state index in [0.29, 0.717) is 185 Å². The van der Waals surface area contributed by atoms with Gasteiger partial charge in [-0.1, -0.05) is 89.6 Å². The molecule has 0 aliphatic carbocycles. The molecule has 30 heteroatoms. The molecule has 619 valence electrons. The Labute approximate surface area is 683 Å². The summed E-state index contributed by atoms with van der Waals surface area (Å²) < 4.78 is 70.5. The minimum absolute atomic E-state index is 0. The van der Waals surface area contributed by atoms with Gasteiger partial charge in [0.1, 0.15) is 25.2 Å². The fourth-order valence-corrected chi connectivity index (χ4v) is 10.6. The predicted octanol–water partition coefficient (Wildman–Crippen LogP) is 4.23. The Morgan fingerprint density at radius 3 is 1.18 bits per heavy atom. The Kier molecular flexibility index (Phi) is 69.1. The molecule has 0 fully saturated rings. The van der Waals surface area contributed by atoms with Gasteiger partial charge in [0.15, 0.2) is 11.5 Å². The number of carboxylic acid groups (broad SMARTS) is 1. The number of aliphatic hydroxyl groups excluding tert-OH is 5. The van der Waals surface area contributed by atoms with Crippen molar-refractivity contribution in [2.24, 2.45) is 11.8 Å². The molecule has 2 atom stereocenters. The van der Waals surface area contributed by atoms with Gasteiger partial charge < -0.3 is 107 Å². The number of nitrogens with zero attached hydrogens (tertiary/aromatic N) is 3. The second-order valence-corrected chi connectivity index (χ2v) is 25.3. The molecule has 0 aromatic heterocycles.